The normalized spacial score (nSPS) is 16.1. The number of amides is 1. The number of rotatable bonds is 1. The lowest BCUT2D eigenvalue weighted by Crippen LogP contribution is -2.37. The monoisotopic (exact) mass is 279 g/mol. The van der Waals surface area contributed by atoms with Crippen LogP contribution >= 0.6 is 23.1 Å². The standard InChI is InChI=1S/C12H13N3OS2/c13-10-8-1-2-14-7-9(8)18-11(10)12(16)15-3-5-17-6-4-15/h1-2,7H,3-6,13H2. The molecular weight excluding hydrogens is 266 g/mol. The molecule has 0 spiro atoms. The molecule has 0 bridgehead atoms. The Hall–Kier alpha value is -1.27. The molecule has 3 rings (SSSR count). The third-order valence-corrected chi connectivity index (χ3v) is 5.11. The first kappa shape index (κ1) is 11.8. The minimum absolute atomic E-state index is 0.0639. The predicted molar refractivity (Wildman–Crippen MR) is 77.3 cm³/mol. The molecule has 0 aliphatic carbocycles. The van der Waals surface area contributed by atoms with E-state index in [-0.39, 0.29) is 5.91 Å². The molecule has 6 heteroatoms. The third kappa shape index (κ3) is 1.95. The number of hydrogen-bond acceptors (Lipinski definition) is 5. The van der Waals surface area contributed by atoms with E-state index >= 15 is 0 Å². The van der Waals surface area contributed by atoms with Gasteiger partial charge in [-0.1, -0.05) is 0 Å². The minimum atomic E-state index is 0.0639. The van der Waals surface area contributed by atoms with Crippen molar-refractivity contribution in [2.45, 2.75) is 0 Å². The maximum absolute atomic E-state index is 12.4. The number of fused-ring (bicyclic) bond motifs is 1. The summed E-state index contributed by atoms with van der Waals surface area (Å²) in [6.07, 6.45) is 3.47. The number of thiophene rings is 1. The Balaban J connectivity index is 1.98. The Morgan fingerprint density at radius 1 is 1.39 bits per heavy atom. The summed E-state index contributed by atoms with van der Waals surface area (Å²) in [6, 6.07) is 1.87. The quantitative estimate of drug-likeness (QED) is 0.868. The molecule has 0 saturated carbocycles. The Kier molecular flexibility index (Phi) is 3.13. The van der Waals surface area contributed by atoms with Crippen molar-refractivity contribution in [3.63, 3.8) is 0 Å². The lowest BCUT2D eigenvalue weighted by molar-refractivity contribution is 0.0778. The van der Waals surface area contributed by atoms with Crippen LogP contribution in [0.1, 0.15) is 9.67 Å². The van der Waals surface area contributed by atoms with E-state index < -0.39 is 0 Å². The van der Waals surface area contributed by atoms with E-state index in [1.165, 1.54) is 11.3 Å². The van der Waals surface area contributed by atoms with Gasteiger partial charge in [-0.25, -0.2) is 0 Å². The van der Waals surface area contributed by atoms with Crippen LogP contribution < -0.4 is 5.73 Å². The number of carbonyl (C=O) groups excluding carboxylic acids is 1. The summed E-state index contributed by atoms with van der Waals surface area (Å²) >= 11 is 3.33. The smallest absolute Gasteiger partial charge is 0.266 e. The Labute approximate surface area is 113 Å². The maximum atomic E-state index is 12.4. The van der Waals surface area contributed by atoms with Crippen LogP contribution in [0.25, 0.3) is 10.1 Å². The Morgan fingerprint density at radius 3 is 2.89 bits per heavy atom. The number of aromatic nitrogens is 1. The van der Waals surface area contributed by atoms with Crippen LogP contribution in [0.5, 0.6) is 0 Å². The summed E-state index contributed by atoms with van der Waals surface area (Å²) < 4.78 is 0.977. The van der Waals surface area contributed by atoms with E-state index in [2.05, 4.69) is 4.98 Å². The predicted octanol–water partition coefficient (Wildman–Crippen LogP) is 2.07. The topological polar surface area (TPSA) is 59.2 Å². The number of pyridine rings is 1. The van der Waals surface area contributed by atoms with Gasteiger partial charge in [0, 0.05) is 42.4 Å². The molecule has 0 aromatic carbocycles. The molecule has 3 heterocycles. The van der Waals surface area contributed by atoms with Gasteiger partial charge < -0.3 is 10.6 Å². The SMILES string of the molecule is Nc1c(C(=O)N2CCSCC2)sc2cnccc12. The van der Waals surface area contributed by atoms with E-state index in [1.807, 2.05) is 22.7 Å². The molecule has 0 atom stereocenters. The summed E-state index contributed by atoms with van der Waals surface area (Å²) in [5.41, 5.74) is 6.67. The number of hydrogen-bond donors (Lipinski definition) is 1. The van der Waals surface area contributed by atoms with E-state index in [1.54, 1.807) is 12.4 Å². The summed E-state index contributed by atoms with van der Waals surface area (Å²) in [5, 5.41) is 0.935. The second-order valence-electron chi connectivity index (χ2n) is 4.12. The Bertz CT molecular complexity index is 590. The fraction of sp³-hybridized carbons (Fsp3) is 0.333. The van der Waals surface area contributed by atoms with Gasteiger partial charge in [-0.2, -0.15) is 11.8 Å². The highest BCUT2D eigenvalue weighted by Gasteiger charge is 2.23. The first-order valence-corrected chi connectivity index (χ1v) is 7.73. The minimum Gasteiger partial charge on any atom is -0.397 e. The Morgan fingerprint density at radius 2 is 2.17 bits per heavy atom. The highest BCUT2D eigenvalue weighted by Crippen LogP contribution is 2.33. The van der Waals surface area contributed by atoms with Gasteiger partial charge in [0.1, 0.15) is 4.88 Å². The molecule has 18 heavy (non-hydrogen) atoms. The molecule has 0 unspecified atom stereocenters. The summed E-state index contributed by atoms with van der Waals surface area (Å²) in [7, 11) is 0. The molecule has 94 valence electrons. The molecule has 1 saturated heterocycles. The van der Waals surface area contributed by atoms with Crippen LogP contribution in [-0.2, 0) is 0 Å². The van der Waals surface area contributed by atoms with Gasteiger partial charge in [0.15, 0.2) is 0 Å². The molecule has 1 aliphatic rings. The molecule has 0 radical (unpaired) electrons. The molecule has 4 nitrogen and oxygen atoms in total. The van der Waals surface area contributed by atoms with Crippen molar-refractivity contribution in [3.8, 4) is 0 Å². The zero-order valence-corrected chi connectivity index (χ0v) is 11.4. The zero-order valence-electron chi connectivity index (χ0n) is 9.76. The number of carbonyl (C=O) groups is 1. The first-order valence-electron chi connectivity index (χ1n) is 5.76. The number of nitrogens with two attached hydrogens (primary N) is 1. The average Bonchev–Trinajstić information content (AvgIpc) is 2.77. The molecule has 1 fully saturated rings. The van der Waals surface area contributed by atoms with Crippen molar-refractivity contribution in [1.29, 1.82) is 0 Å². The summed E-state index contributed by atoms with van der Waals surface area (Å²) in [6.45, 7) is 1.63. The second kappa shape index (κ2) is 4.78. The lowest BCUT2D eigenvalue weighted by atomic mass is 10.2. The van der Waals surface area contributed by atoms with Crippen molar-refractivity contribution < 1.29 is 4.79 Å². The molecule has 2 aromatic rings. The number of thioether (sulfide) groups is 1. The van der Waals surface area contributed by atoms with Crippen molar-refractivity contribution in [2.75, 3.05) is 30.3 Å². The van der Waals surface area contributed by atoms with Crippen molar-refractivity contribution in [2.24, 2.45) is 0 Å². The molecule has 2 aromatic heterocycles. The van der Waals surface area contributed by atoms with Gasteiger partial charge in [0.2, 0.25) is 0 Å². The van der Waals surface area contributed by atoms with Gasteiger partial charge in [-0.15, -0.1) is 11.3 Å². The van der Waals surface area contributed by atoms with Crippen LogP contribution in [0.3, 0.4) is 0 Å². The van der Waals surface area contributed by atoms with Gasteiger partial charge in [0.05, 0.1) is 10.4 Å². The lowest BCUT2D eigenvalue weighted by Gasteiger charge is -2.26. The van der Waals surface area contributed by atoms with Crippen molar-refractivity contribution in [3.05, 3.63) is 23.3 Å². The van der Waals surface area contributed by atoms with Gasteiger partial charge >= 0.3 is 0 Å². The van der Waals surface area contributed by atoms with Crippen LogP contribution in [-0.4, -0.2) is 40.4 Å². The second-order valence-corrected chi connectivity index (χ2v) is 6.40. The number of nitrogen functional groups attached to an aromatic ring is 1. The summed E-state index contributed by atoms with van der Waals surface area (Å²) in [5.74, 6) is 2.09. The first-order chi connectivity index (χ1) is 8.77. The highest BCUT2D eigenvalue weighted by atomic mass is 32.2. The summed E-state index contributed by atoms with van der Waals surface area (Å²) in [4.78, 5) is 19.0. The van der Waals surface area contributed by atoms with E-state index in [0.717, 1.165) is 34.7 Å². The van der Waals surface area contributed by atoms with E-state index in [0.29, 0.717) is 10.6 Å². The van der Waals surface area contributed by atoms with E-state index in [9.17, 15) is 4.79 Å². The highest BCUT2D eigenvalue weighted by molar-refractivity contribution is 7.99. The average molecular weight is 279 g/mol. The van der Waals surface area contributed by atoms with Crippen molar-refractivity contribution in [1.82, 2.24) is 9.88 Å². The number of anilines is 1. The van der Waals surface area contributed by atoms with Gasteiger partial charge in [-0.05, 0) is 6.07 Å². The third-order valence-electron chi connectivity index (χ3n) is 3.02. The fourth-order valence-corrected chi connectivity index (χ4v) is 4.00. The fourth-order valence-electron chi connectivity index (χ4n) is 2.04. The maximum Gasteiger partial charge on any atom is 0.266 e. The molecule has 1 amide bonds. The van der Waals surface area contributed by atoms with Crippen LogP contribution in [0.15, 0.2) is 18.5 Å². The molecule has 1 aliphatic heterocycles. The van der Waals surface area contributed by atoms with Gasteiger partial charge in [-0.3, -0.25) is 9.78 Å². The van der Waals surface area contributed by atoms with Crippen LogP contribution in [0.4, 0.5) is 5.69 Å². The number of nitrogens with zero attached hydrogens (tertiary/aromatic N) is 2. The van der Waals surface area contributed by atoms with Crippen LogP contribution in [0.2, 0.25) is 0 Å². The van der Waals surface area contributed by atoms with Crippen LogP contribution in [0, 0.1) is 0 Å². The van der Waals surface area contributed by atoms with E-state index in [4.69, 9.17) is 5.73 Å². The molecule has 2 N–H and O–H groups in total. The molecular formula is C12H13N3OS2. The van der Waals surface area contributed by atoms with Gasteiger partial charge in [0.25, 0.3) is 5.91 Å². The largest absolute Gasteiger partial charge is 0.397 e. The van der Waals surface area contributed by atoms with Crippen molar-refractivity contribution >= 4 is 44.8 Å². The zero-order chi connectivity index (χ0) is 12.5.